The van der Waals surface area contributed by atoms with Crippen LogP contribution >= 0.6 is 0 Å². The van der Waals surface area contributed by atoms with Gasteiger partial charge in [0.25, 0.3) is 0 Å². The number of fused-ring (bicyclic) bond motifs is 1. The molecule has 9 nitrogen and oxygen atoms in total. The van der Waals surface area contributed by atoms with Gasteiger partial charge in [-0.3, -0.25) is 4.79 Å². The van der Waals surface area contributed by atoms with E-state index in [1.165, 1.54) is 0 Å². The number of hydrogen-bond donors (Lipinski definition) is 2. The van der Waals surface area contributed by atoms with Crippen LogP contribution in [0.1, 0.15) is 37.8 Å². The Labute approximate surface area is 204 Å². The molecule has 2 N–H and O–H groups in total. The summed E-state index contributed by atoms with van der Waals surface area (Å²) in [7, 11) is 0. The van der Waals surface area contributed by atoms with Gasteiger partial charge in [-0.25, -0.2) is 9.97 Å². The van der Waals surface area contributed by atoms with E-state index in [9.17, 15) is 10.1 Å². The number of hydrogen-bond acceptors (Lipinski definition) is 7. The number of benzene rings is 1. The predicted octanol–water partition coefficient (Wildman–Crippen LogP) is 2.62. The highest BCUT2D eigenvalue weighted by Gasteiger charge is 2.31. The van der Waals surface area contributed by atoms with Crippen molar-refractivity contribution in [3.8, 4) is 23.2 Å². The van der Waals surface area contributed by atoms with Gasteiger partial charge < -0.3 is 24.8 Å². The molecule has 2 saturated heterocycles. The average molecular weight is 472 g/mol. The number of nitriles is 1. The molecule has 3 fully saturated rings. The number of ether oxygens (including phenoxy) is 1. The third kappa shape index (κ3) is 4.19. The number of carbonyl (C=O) groups excluding carboxylic acids is 1. The molecule has 0 spiro atoms. The number of nitrogens with zero attached hydrogens (tertiary/aromatic N) is 5. The fourth-order valence-electron chi connectivity index (χ4n) is 5.08. The summed E-state index contributed by atoms with van der Waals surface area (Å²) in [5.41, 5.74) is 4.91. The number of piperazine rings is 1. The minimum Gasteiger partial charge on any atom is -0.473 e. The maximum Gasteiger partial charge on any atom is 0.241 e. The Kier molecular flexibility index (Phi) is 5.53. The summed E-state index contributed by atoms with van der Waals surface area (Å²) in [6, 6.07) is 10.7. The number of pyridine rings is 1. The molecule has 9 heteroatoms. The number of imidazole rings is 1. The first kappa shape index (κ1) is 21.9. The summed E-state index contributed by atoms with van der Waals surface area (Å²) >= 11 is 0. The Morgan fingerprint density at radius 1 is 1.23 bits per heavy atom. The molecular formula is C26H29N7O2. The van der Waals surface area contributed by atoms with Crippen LogP contribution in [0.25, 0.3) is 22.3 Å². The van der Waals surface area contributed by atoms with Crippen LogP contribution < -0.4 is 20.3 Å². The van der Waals surface area contributed by atoms with Crippen molar-refractivity contribution >= 4 is 22.6 Å². The molecule has 1 amide bonds. The smallest absolute Gasteiger partial charge is 0.241 e. The maximum atomic E-state index is 11.7. The molecule has 2 aromatic heterocycles. The van der Waals surface area contributed by atoms with Gasteiger partial charge >= 0.3 is 0 Å². The van der Waals surface area contributed by atoms with Crippen molar-refractivity contribution in [2.45, 2.75) is 38.3 Å². The number of aromatic nitrogens is 3. The first-order valence-corrected chi connectivity index (χ1v) is 12.4. The topological polar surface area (TPSA) is 108 Å². The van der Waals surface area contributed by atoms with Crippen LogP contribution in [0.15, 0.2) is 30.6 Å². The molecule has 2 unspecified atom stereocenters. The zero-order valence-electron chi connectivity index (χ0n) is 19.8. The Balaban J connectivity index is 1.38. The van der Waals surface area contributed by atoms with Crippen LogP contribution in [0.3, 0.4) is 0 Å². The molecule has 180 valence electrons. The lowest BCUT2D eigenvalue weighted by molar-refractivity contribution is -0.119. The van der Waals surface area contributed by atoms with Gasteiger partial charge in [0.05, 0.1) is 28.8 Å². The van der Waals surface area contributed by atoms with Crippen molar-refractivity contribution in [3.05, 3.63) is 36.2 Å². The van der Waals surface area contributed by atoms with Gasteiger partial charge in [-0.1, -0.05) is 6.07 Å². The zero-order valence-corrected chi connectivity index (χ0v) is 19.8. The van der Waals surface area contributed by atoms with Crippen LogP contribution in [-0.4, -0.2) is 59.3 Å². The van der Waals surface area contributed by atoms with Crippen LogP contribution in [-0.2, 0) is 4.79 Å². The van der Waals surface area contributed by atoms with E-state index in [1.807, 2.05) is 37.5 Å². The quantitative estimate of drug-likeness (QED) is 0.569. The normalized spacial score (nSPS) is 21.1. The predicted molar refractivity (Wildman–Crippen MR) is 132 cm³/mol. The van der Waals surface area contributed by atoms with Gasteiger partial charge in [-0.2, -0.15) is 5.26 Å². The van der Waals surface area contributed by atoms with E-state index >= 15 is 0 Å². The molecule has 1 aliphatic carbocycles. The molecule has 6 rings (SSSR count). The van der Waals surface area contributed by atoms with Crippen molar-refractivity contribution in [1.29, 1.82) is 5.26 Å². The molecule has 0 bridgehead atoms. The van der Waals surface area contributed by atoms with Crippen molar-refractivity contribution in [3.63, 3.8) is 0 Å². The highest BCUT2D eigenvalue weighted by atomic mass is 16.5. The second-order valence-electron chi connectivity index (χ2n) is 9.74. The summed E-state index contributed by atoms with van der Waals surface area (Å²) < 4.78 is 8.60. The van der Waals surface area contributed by atoms with Gasteiger partial charge in [0.2, 0.25) is 11.8 Å². The molecule has 1 saturated carbocycles. The van der Waals surface area contributed by atoms with Crippen LogP contribution in [0, 0.1) is 17.2 Å². The second-order valence-corrected chi connectivity index (χ2v) is 9.74. The van der Waals surface area contributed by atoms with Crippen LogP contribution in [0.4, 0.5) is 5.69 Å². The average Bonchev–Trinajstić information content (AvgIpc) is 3.49. The van der Waals surface area contributed by atoms with Gasteiger partial charge in [0.15, 0.2) is 0 Å². The van der Waals surface area contributed by atoms with Crippen molar-refractivity contribution < 1.29 is 9.53 Å². The first-order valence-electron chi connectivity index (χ1n) is 12.4. The summed E-state index contributed by atoms with van der Waals surface area (Å²) in [4.78, 5) is 23.6. The molecule has 0 radical (unpaired) electrons. The number of carbonyl (C=O) groups is 1. The van der Waals surface area contributed by atoms with E-state index in [-0.39, 0.29) is 17.9 Å². The number of nitrogens with one attached hydrogen (secondary N) is 2. The lowest BCUT2D eigenvalue weighted by Gasteiger charge is -2.30. The van der Waals surface area contributed by atoms with Gasteiger partial charge in [0.1, 0.15) is 17.7 Å². The molecule has 35 heavy (non-hydrogen) atoms. The van der Waals surface area contributed by atoms with Crippen molar-refractivity contribution in [2.75, 3.05) is 37.6 Å². The fourth-order valence-corrected chi connectivity index (χ4v) is 5.08. The Bertz CT molecular complexity index is 1320. The minimum atomic E-state index is -0.174. The molecule has 4 heterocycles. The second kappa shape index (κ2) is 8.86. The Morgan fingerprint density at radius 2 is 2.06 bits per heavy atom. The Hall–Kier alpha value is -3.64. The summed E-state index contributed by atoms with van der Waals surface area (Å²) in [5, 5.41) is 16.1. The lowest BCUT2D eigenvalue weighted by Crippen LogP contribution is -2.43. The van der Waals surface area contributed by atoms with Gasteiger partial charge in [-0.05, 0) is 38.0 Å². The number of rotatable bonds is 6. The maximum absolute atomic E-state index is 11.7. The molecule has 3 aliphatic rings. The van der Waals surface area contributed by atoms with Crippen molar-refractivity contribution in [2.24, 2.45) is 5.92 Å². The van der Waals surface area contributed by atoms with E-state index < -0.39 is 0 Å². The standard InChI is InChI=1S/C26H29N7O2/c1-16(19-11-24(34)29-14-19)35-26-25-22(30-15-33(25)20-3-4-20)12-21(31-26)17-2-5-23(18(10-17)13-27)32-8-6-28-7-9-32/h2,5,10,12,15-16,19-20,28H,3-4,6-9,11,14H2,1H3,(H,29,34). The van der Waals surface area contributed by atoms with E-state index in [4.69, 9.17) is 9.72 Å². The van der Waals surface area contributed by atoms with E-state index in [2.05, 4.69) is 31.2 Å². The first-order chi connectivity index (χ1) is 17.1. The van der Waals surface area contributed by atoms with E-state index in [1.54, 1.807) is 0 Å². The lowest BCUT2D eigenvalue weighted by atomic mass is 10.0. The monoisotopic (exact) mass is 471 g/mol. The fraction of sp³-hybridized carbons (Fsp3) is 0.462. The molecular weight excluding hydrogens is 442 g/mol. The highest BCUT2D eigenvalue weighted by molar-refractivity contribution is 5.85. The van der Waals surface area contributed by atoms with Gasteiger partial charge in [0, 0.05) is 56.7 Å². The molecule has 2 aliphatic heterocycles. The van der Waals surface area contributed by atoms with E-state index in [0.29, 0.717) is 30.5 Å². The third-order valence-corrected chi connectivity index (χ3v) is 7.30. The van der Waals surface area contributed by atoms with E-state index in [0.717, 1.165) is 67.0 Å². The largest absolute Gasteiger partial charge is 0.473 e. The number of anilines is 1. The molecule has 2 atom stereocenters. The Morgan fingerprint density at radius 3 is 2.77 bits per heavy atom. The van der Waals surface area contributed by atoms with Crippen molar-refractivity contribution in [1.82, 2.24) is 25.2 Å². The van der Waals surface area contributed by atoms with Gasteiger partial charge in [-0.15, -0.1) is 0 Å². The summed E-state index contributed by atoms with van der Waals surface area (Å²) in [6.07, 6.45) is 4.42. The summed E-state index contributed by atoms with van der Waals surface area (Å²) in [5.74, 6) is 0.705. The van der Waals surface area contributed by atoms with Crippen LogP contribution in [0.5, 0.6) is 5.88 Å². The minimum absolute atomic E-state index is 0.0638. The highest BCUT2D eigenvalue weighted by Crippen LogP contribution is 2.40. The molecule has 3 aromatic rings. The zero-order chi connectivity index (χ0) is 23.9. The third-order valence-electron chi connectivity index (χ3n) is 7.30. The summed E-state index contributed by atoms with van der Waals surface area (Å²) in [6.45, 7) is 6.20. The number of amides is 1. The van der Waals surface area contributed by atoms with Crippen LogP contribution in [0.2, 0.25) is 0 Å². The molecule has 1 aromatic carbocycles. The SMILES string of the molecule is CC(Oc1nc(-c2ccc(N3CCNCC3)c(C#N)c2)cc2ncn(C3CC3)c12)C1CNC(=O)C1.